The van der Waals surface area contributed by atoms with Gasteiger partial charge in [0.15, 0.2) is 0 Å². The Morgan fingerprint density at radius 2 is 1.00 bits per heavy atom. The van der Waals surface area contributed by atoms with Crippen molar-refractivity contribution in [2.75, 3.05) is 0 Å². The number of hydrogen-bond acceptors (Lipinski definition) is 4. The zero-order valence-corrected chi connectivity index (χ0v) is 24.7. The van der Waals surface area contributed by atoms with Crippen LogP contribution in [0.2, 0.25) is 0 Å². The highest BCUT2D eigenvalue weighted by Crippen LogP contribution is 2.40. The highest BCUT2D eigenvalue weighted by Gasteiger charge is 2.19. The highest BCUT2D eigenvalue weighted by atomic mass is 32.1. The van der Waals surface area contributed by atoms with Crippen molar-refractivity contribution in [3.8, 4) is 22.8 Å². The van der Waals surface area contributed by atoms with Crippen molar-refractivity contribution >= 4 is 75.1 Å². The third-order valence-corrected chi connectivity index (χ3v) is 10.1. The Labute approximate surface area is 261 Å². The Morgan fingerprint density at radius 3 is 1.73 bits per heavy atom. The standard InChI is InChI=1S/C39H23N5S/c1-4-10-33-27(7-1)31-21-36-32(28-8-2-5-11-34(28)44(36)39-41-22-40-23-42-39)20-35(31)43(33)26-16-13-24(14-17-26)25-15-18-30-29-9-3-6-12-37(29)45-38(30)19-25/h1-23H. The zero-order chi connectivity index (χ0) is 29.5. The van der Waals surface area contributed by atoms with Crippen LogP contribution in [0.25, 0.3) is 86.5 Å². The van der Waals surface area contributed by atoms with Gasteiger partial charge in [0.25, 0.3) is 0 Å². The smallest absolute Gasteiger partial charge is 0.237 e. The first-order chi connectivity index (χ1) is 22.3. The number of rotatable bonds is 3. The van der Waals surface area contributed by atoms with E-state index in [0.29, 0.717) is 5.95 Å². The van der Waals surface area contributed by atoms with Crippen molar-refractivity contribution in [1.82, 2.24) is 24.1 Å². The molecular formula is C39H23N5S. The Balaban J connectivity index is 1.17. The second kappa shape index (κ2) is 9.32. The van der Waals surface area contributed by atoms with E-state index >= 15 is 0 Å². The van der Waals surface area contributed by atoms with E-state index in [-0.39, 0.29) is 0 Å². The van der Waals surface area contributed by atoms with Gasteiger partial charge < -0.3 is 4.57 Å². The molecule has 0 unspecified atom stereocenters. The molecule has 0 aliphatic heterocycles. The molecule has 45 heavy (non-hydrogen) atoms. The first-order valence-electron chi connectivity index (χ1n) is 14.9. The Bertz CT molecular complexity index is 2750. The summed E-state index contributed by atoms with van der Waals surface area (Å²) in [6.45, 7) is 0. The summed E-state index contributed by atoms with van der Waals surface area (Å²) < 4.78 is 7.18. The molecule has 0 bridgehead atoms. The van der Waals surface area contributed by atoms with Gasteiger partial charge in [-0.1, -0.05) is 78.9 Å². The van der Waals surface area contributed by atoms with E-state index < -0.39 is 0 Å². The van der Waals surface area contributed by atoms with Gasteiger partial charge in [0, 0.05) is 47.4 Å². The molecular weight excluding hydrogens is 571 g/mol. The summed E-state index contributed by atoms with van der Waals surface area (Å²) in [5, 5.41) is 7.38. The number of aromatic nitrogens is 5. The molecule has 0 radical (unpaired) electrons. The number of para-hydroxylation sites is 2. The zero-order valence-electron chi connectivity index (χ0n) is 23.9. The number of thiophene rings is 1. The molecule has 6 aromatic carbocycles. The normalized spacial score (nSPS) is 12.0. The maximum Gasteiger partial charge on any atom is 0.237 e. The molecule has 0 aliphatic carbocycles. The molecule has 0 saturated heterocycles. The van der Waals surface area contributed by atoms with Gasteiger partial charge in [-0.2, -0.15) is 0 Å². The second-order valence-electron chi connectivity index (χ2n) is 11.4. The van der Waals surface area contributed by atoms with E-state index in [9.17, 15) is 0 Å². The molecule has 5 nitrogen and oxygen atoms in total. The van der Waals surface area contributed by atoms with E-state index in [1.807, 2.05) is 11.3 Å². The lowest BCUT2D eigenvalue weighted by molar-refractivity contribution is 0.940. The Kier molecular flexibility index (Phi) is 5.09. The molecule has 4 aromatic heterocycles. The van der Waals surface area contributed by atoms with Crippen molar-refractivity contribution in [2.24, 2.45) is 0 Å². The van der Waals surface area contributed by atoms with Crippen LogP contribution in [0.3, 0.4) is 0 Å². The predicted molar refractivity (Wildman–Crippen MR) is 187 cm³/mol. The lowest BCUT2D eigenvalue weighted by atomic mass is 10.0. The SMILES string of the molecule is c1ccc2c(c1)sc1cc(-c3ccc(-n4c5ccccc5c5cc6c(cc54)c4ccccc4n6-c4ncncn4)cc3)ccc12. The average Bonchev–Trinajstić information content (AvgIpc) is 3.75. The van der Waals surface area contributed by atoms with Crippen molar-refractivity contribution in [3.63, 3.8) is 0 Å². The van der Waals surface area contributed by atoms with Gasteiger partial charge in [-0.3, -0.25) is 4.57 Å². The number of hydrogen-bond donors (Lipinski definition) is 0. The molecule has 0 N–H and O–H groups in total. The van der Waals surface area contributed by atoms with E-state index in [1.165, 1.54) is 58.5 Å². The summed E-state index contributed by atoms with van der Waals surface area (Å²) in [5.41, 5.74) is 8.06. The molecule has 0 atom stereocenters. The molecule has 0 spiro atoms. The summed E-state index contributed by atoms with van der Waals surface area (Å²) in [5.74, 6) is 0.615. The van der Waals surface area contributed by atoms with E-state index in [1.54, 1.807) is 12.7 Å². The van der Waals surface area contributed by atoms with Crippen LogP contribution in [0.4, 0.5) is 0 Å². The Hall–Kier alpha value is -5.85. The van der Waals surface area contributed by atoms with Crippen LogP contribution in [0, 0.1) is 0 Å². The molecule has 10 aromatic rings. The van der Waals surface area contributed by atoms with Crippen LogP contribution in [-0.2, 0) is 0 Å². The van der Waals surface area contributed by atoms with Gasteiger partial charge in [-0.15, -0.1) is 11.3 Å². The minimum Gasteiger partial charge on any atom is -0.309 e. The van der Waals surface area contributed by atoms with E-state index in [4.69, 9.17) is 0 Å². The predicted octanol–water partition coefficient (Wildman–Crippen LogP) is 10.1. The van der Waals surface area contributed by atoms with E-state index in [0.717, 1.165) is 22.1 Å². The molecule has 10 rings (SSSR count). The first kappa shape index (κ1) is 24.6. The second-order valence-corrected chi connectivity index (χ2v) is 12.5. The third kappa shape index (κ3) is 3.57. The fraction of sp³-hybridized carbons (Fsp3) is 0. The molecule has 0 saturated carbocycles. The van der Waals surface area contributed by atoms with Gasteiger partial charge in [0.2, 0.25) is 5.95 Å². The largest absolute Gasteiger partial charge is 0.309 e. The summed E-state index contributed by atoms with van der Waals surface area (Å²) in [6, 6.07) is 46.2. The lowest BCUT2D eigenvalue weighted by Gasteiger charge is -2.10. The van der Waals surface area contributed by atoms with Crippen LogP contribution in [0.1, 0.15) is 0 Å². The highest BCUT2D eigenvalue weighted by molar-refractivity contribution is 7.25. The quantitative estimate of drug-likeness (QED) is 0.205. The monoisotopic (exact) mass is 593 g/mol. The van der Waals surface area contributed by atoms with Crippen molar-refractivity contribution in [3.05, 3.63) is 140 Å². The first-order valence-corrected chi connectivity index (χ1v) is 15.7. The maximum atomic E-state index is 4.51. The average molecular weight is 594 g/mol. The molecule has 6 heteroatoms. The Morgan fingerprint density at radius 1 is 0.422 bits per heavy atom. The third-order valence-electron chi connectivity index (χ3n) is 8.98. The van der Waals surface area contributed by atoms with Gasteiger partial charge in [0.05, 0.1) is 22.1 Å². The van der Waals surface area contributed by atoms with Crippen molar-refractivity contribution in [2.45, 2.75) is 0 Å². The maximum absolute atomic E-state index is 4.51. The molecule has 210 valence electrons. The summed E-state index contributed by atoms with van der Waals surface area (Å²) in [7, 11) is 0. The molecule has 0 fully saturated rings. The number of benzene rings is 6. The minimum atomic E-state index is 0.615. The fourth-order valence-corrected chi connectivity index (χ4v) is 8.13. The van der Waals surface area contributed by atoms with Crippen LogP contribution in [-0.4, -0.2) is 24.1 Å². The molecule has 0 aliphatic rings. The van der Waals surface area contributed by atoms with Crippen LogP contribution in [0.15, 0.2) is 140 Å². The number of nitrogens with zero attached hydrogens (tertiary/aromatic N) is 5. The van der Waals surface area contributed by atoms with Crippen LogP contribution >= 0.6 is 11.3 Å². The summed E-state index contributed by atoms with van der Waals surface area (Å²) in [4.78, 5) is 13.1. The van der Waals surface area contributed by atoms with Gasteiger partial charge in [0.1, 0.15) is 12.7 Å². The summed E-state index contributed by atoms with van der Waals surface area (Å²) in [6.07, 6.45) is 3.11. The van der Waals surface area contributed by atoms with E-state index in [2.05, 4.69) is 151 Å². The fourth-order valence-electron chi connectivity index (χ4n) is 6.98. The number of fused-ring (bicyclic) bond motifs is 9. The molecule has 0 amide bonds. The van der Waals surface area contributed by atoms with Gasteiger partial charge >= 0.3 is 0 Å². The van der Waals surface area contributed by atoms with Gasteiger partial charge in [-0.25, -0.2) is 15.0 Å². The topological polar surface area (TPSA) is 48.5 Å². The van der Waals surface area contributed by atoms with Crippen LogP contribution < -0.4 is 0 Å². The van der Waals surface area contributed by atoms with Gasteiger partial charge in [-0.05, 0) is 59.7 Å². The van der Waals surface area contributed by atoms with Crippen molar-refractivity contribution in [1.29, 1.82) is 0 Å². The lowest BCUT2D eigenvalue weighted by Crippen LogP contribution is -2.00. The molecule has 4 heterocycles. The van der Waals surface area contributed by atoms with Crippen LogP contribution in [0.5, 0.6) is 0 Å². The van der Waals surface area contributed by atoms with Crippen molar-refractivity contribution < 1.29 is 0 Å². The summed E-state index contributed by atoms with van der Waals surface area (Å²) >= 11 is 1.86. The minimum absolute atomic E-state index is 0.615.